The van der Waals surface area contributed by atoms with E-state index >= 15 is 0 Å². The van der Waals surface area contributed by atoms with Crippen LogP contribution in [0.1, 0.15) is 33.2 Å². The number of sulfonamides is 1. The van der Waals surface area contributed by atoms with Gasteiger partial charge in [0.2, 0.25) is 10.0 Å². The van der Waals surface area contributed by atoms with Crippen LogP contribution in [0.3, 0.4) is 0 Å². The van der Waals surface area contributed by atoms with Gasteiger partial charge < -0.3 is 4.74 Å². The Morgan fingerprint density at radius 2 is 1.96 bits per heavy atom. The lowest BCUT2D eigenvalue weighted by Crippen LogP contribution is -2.40. The fraction of sp³-hybridized carbons (Fsp3) is 0.556. The molecule has 0 bridgehead atoms. The van der Waals surface area contributed by atoms with Crippen LogP contribution >= 0.6 is 11.8 Å². The van der Waals surface area contributed by atoms with Gasteiger partial charge >= 0.3 is 0 Å². The molecule has 3 rings (SSSR count). The molecule has 1 fully saturated rings. The van der Waals surface area contributed by atoms with Crippen molar-refractivity contribution in [3.8, 4) is 11.4 Å². The Hall–Kier alpha value is -1.42. The van der Waals surface area contributed by atoms with E-state index in [1.807, 2.05) is 6.07 Å². The lowest BCUT2D eigenvalue weighted by atomic mass is 10.2. The van der Waals surface area contributed by atoms with Gasteiger partial charge in [0.1, 0.15) is 0 Å². The lowest BCUT2D eigenvalue weighted by molar-refractivity contribution is 0.0730. The van der Waals surface area contributed by atoms with Crippen molar-refractivity contribution in [1.82, 2.24) is 19.1 Å². The van der Waals surface area contributed by atoms with Gasteiger partial charge in [0, 0.05) is 24.7 Å². The molecule has 0 aliphatic carbocycles. The molecule has 0 saturated carbocycles. The second-order valence-electron chi connectivity index (χ2n) is 6.41. The highest BCUT2D eigenvalue weighted by Crippen LogP contribution is 2.30. The Bertz CT molecular complexity index is 876. The van der Waals surface area contributed by atoms with Crippen LogP contribution in [-0.4, -0.2) is 59.5 Å². The fourth-order valence-corrected chi connectivity index (χ4v) is 5.23. The molecular formula is C18H26N4O3S2. The Kier molecular flexibility index (Phi) is 6.56. The minimum absolute atomic E-state index is 0.226. The number of benzene rings is 1. The SMILES string of the molecule is CCSc1nnc(-c2cccc(S(=O)(=O)N3CCOCC3)c2)n1[C@H](C)CC. The van der Waals surface area contributed by atoms with Gasteiger partial charge in [-0.3, -0.25) is 4.57 Å². The monoisotopic (exact) mass is 410 g/mol. The molecule has 1 saturated heterocycles. The number of hydrogen-bond acceptors (Lipinski definition) is 6. The number of nitrogens with zero attached hydrogens (tertiary/aromatic N) is 4. The highest BCUT2D eigenvalue weighted by molar-refractivity contribution is 7.99. The van der Waals surface area contributed by atoms with E-state index in [1.165, 1.54) is 4.31 Å². The van der Waals surface area contributed by atoms with Gasteiger partial charge in [0.25, 0.3) is 0 Å². The van der Waals surface area contributed by atoms with Gasteiger partial charge in [-0.25, -0.2) is 8.42 Å². The van der Waals surface area contributed by atoms with E-state index in [-0.39, 0.29) is 10.9 Å². The summed E-state index contributed by atoms with van der Waals surface area (Å²) in [6, 6.07) is 7.23. The number of thioether (sulfide) groups is 1. The summed E-state index contributed by atoms with van der Waals surface area (Å²) in [5.41, 5.74) is 0.764. The largest absolute Gasteiger partial charge is 0.379 e. The van der Waals surface area contributed by atoms with Crippen LogP contribution in [0, 0.1) is 0 Å². The first kappa shape index (κ1) is 20.3. The van der Waals surface area contributed by atoms with E-state index in [4.69, 9.17) is 4.74 Å². The first-order valence-electron chi connectivity index (χ1n) is 9.25. The van der Waals surface area contributed by atoms with E-state index in [0.717, 1.165) is 22.9 Å². The van der Waals surface area contributed by atoms with E-state index in [0.29, 0.717) is 32.1 Å². The molecule has 0 N–H and O–H groups in total. The first-order valence-corrected chi connectivity index (χ1v) is 11.7. The molecule has 9 heteroatoms. The maximum absolute atomic E-state index is 13.0. The number of morpholine rings is 1. The van der Waals surface area contributed by atoms with Crippen LogP contribution < -0.4 is 0 Å². The third kappa shape index (κ3) is 4.21. The molecule has 1 atom stereocenters. The quantitative estimate of drug-likeness (QED) is 0.653. The van der Waals surface area contributed by atoms with Gasteiger partial charge in [-0.1, -0.05) is 37.7 Å². The van der Waals surface area contributed by atoms with E-state index < -0.39 is 10.0 Å². The molecule has 0 amide bonds. The Balaban J connectivity index is 2.01. The molecule has 1 aliphatic heterocycles. The summed E-state index contributed by atoms with van der Waals surface area (Å²) in [6.45, 7) is 7.95. The van der Waals surface area contributed by atoms with Gasteiger partial charge in [-0.2, -0.15) is 4.31 Å². The zero-order valence-corrected chi connectivity index (χ0v) is 17.6. The second kappa shape index (κ2) is 8.72. The van der Waals surface area contributed by atoms with Crippen LogP contribution in [0.4, 0.5) is 0 Å². The zero-order valence-electron chi connectivity index (χ0n) is 16.0. The van der Waals surface area contributed by atoms with Gasteiger partial charge in [-0.05, 0) is 31.2 Å². The Morgan fingerprint density at radius 3 is 2.63 bits per heavy atom. The third-order valence-corrected chi connectivity index (χ3v) is 7.39. The predicted octanol–water partition coefficient (Wildman–Crippen LogP) is 3.05. The summed E-state index contributed by atoms with van der Waals surface area (Å²) in [6.07, 6.45) is 0.939. The highest BCUT2D eigenvalue weighted by atomic mass is 32.2. The molecule has 1 aromatic carbocycles. The summed E-state index contributed by atoms with van der Waals surface area (Å²) in [7, 11) is -3.54. The second-order valence-corrected chi connectivity index (χ2v) is 9.58. The molecule has 2 aromatic rings. The molecule has 0 radical (unpaired) electrons. The smallest absolute Gasteiger partial charge is 0.243 e. The maximum atomic E-state index is 13.0. The average Bonchev–Trinajstić information content (AvgIpc) is 3.12. The molecule has 148 valence electrons. The summed E-state index contributed by atoms with van der Waals surface area (Å²) in [5.74, 6) is 1.61. The van der Waals surface area contributed by atoms with Crippen LogP contribution in [-0.2, 0) is 14.8 Å². The minimum Gasteiger partial charge on any atom is -0.379 e. The maximum Gasteiger partial charge on any atom is 0.243 e. The number of ether oxygens (including phenoxy) is 1. The standard InChI is InChI=1S/C18H26N4O3S2/c1-4-14(3)22-17(19-20-18(22)26-5-2)15-7-6-8-16(13-15)27(23,24)21-9-11-25-12-10-21/h6-8,13-14H,4-5,9-12H2,1-3H3/t14-/m1/s1. The summed E-state index contributed by atoms with van der Waals surface area (Å²) in [4.78, 5) is 0.283. The zero-order chi connectivity index (χ0) is 19.4. The van der Waals surface area contributed by atoms with Crippen molar-refractivity contribution >= 4 is 21.8 Å². The predicted molar refractivity (Wildman–Crippen MR) is 106 cm³/mol. The van der Waals surface area contributed by atoms with E-state index in [1.54, 1.807) is 30.0 Å². The third-order valence-electron chi connectivity index (χ3n) is 4.67. The molecule has 0 spiro atoms. The fourth-order valence-electron chi connectivity index (χ4n) is 3.01. The summed E-state index contributed by atoms with van der Waals surface area (Å²) in [5, 5.41) is 9.57. The normalized spacial score (nSPS) is 17.1. The summed E-state index contributed by atoms with van der Waals surface area (Å²) >= 11 is 1.64. The van der Waals surface area contributed by atoms with Crippen LogP contribution in [0.25, 0.3) is 11.4 Å². The molecule has 1 aromatic heterocycles. The van der Waals surface area contributed by atoms with E-state index in [2.05, 4.69) is 35.5 Å². The van der Waals surface area contributed by atoms with Gasteiger partial charge in [-0.15, -0.1) is 10.2 Å². The van der Waals surface area contributed by atoms with Crippen molar-refractivity contribution in [3.05, 3.63) is 24.3 Å². The molecule has 0 unspecified atom stereocenters. The average molecular weight is 411 g/mol. The Morgan fingerprint density at radius 1 is 1.22 bits per heavy atom. The summed E-state index contributed by atoms with van der Waals surface area (Å²) < 4.78 is 34.8. The van der Waals surface area contributed by atoms with Gasteiger partial charge in [0.15, 0.2) is 11.0 Å². The van der Waals surface area contributed by atoms with Gasteiger partial charge in [0.05, 0.1) is 18.1 Å². The Labute approximate surface area is 165 Å². The first-order chi connectivity index (χ1) is 13.0. The van der Waals surface area contributed by atoms with Crippen LogP contribution in [0.5, 0.6) is 0 Å². The number of aromatic nitrogens is 3. The number of hydrogen-bond donors (Lipinski definition) is 0. The minimum atomic E-state index is -3.54. The van der Waals surface area contributed by atoms with Crippen molar-refractivity contribution in [2.75, 3.05) is 32.1 Å². The van der Waals surface area contributed by atoms with Crippen LogP contribution in [0.15, 0.2) is 34.3 Å². The molecule has 7 nitrogen and oxygen atoms in total. The van der Waals surface area contributed by atoms with Crippen molar-refractivity contribution in [2.24, 2.45) is 0 Å². The van der Waals surface area contributed by atoms with Crippen LogP contribution in [0.2, 0.25) is 0 Å². The molecule has 2 heterocycles. The van der Waals surface area contributed by atoms with Crippen molar-refractivity contribution in [3.63, 3.8) is 0 Å². The molecule has 1 aliphatic rings. The van der Waals surface area contributed by atoms with Crippen molar-refractivity contribution in [2.45, 2.75) is 43.3 Å². The molecular weight excluding hydrogens is 384 g/mol. The van der Waals surface area contributed by atoms with Crippen molar-refractivity contribution in [1.29, 1.82) is 0 Å². The highest BCUT2D eigenvalue weighted by Gasteiger charge is 2.27. The lowest BCUT2D eigenvalue weighted by Gasteiger charge is -2.26. The van der Waals surface area contributed by atoms with E-state index in [9.17, 15) is 8.42 Å². The number of rotatable bonds is 7. The molecule has 27 heavy (non-hydrogen) atoms. The topological polar surface area (TPSA) is 77.3 Å². The van der Waals surface area contributed by atoms with Crippen molar-refractivity contribution < 1.29 is 13.2 Å².